The Labute approximate surface area is 148 Å². The molecule has 26 heavy (non-hydrogen) atoms. The molecule has 4 N–H and O–H groups in total. The minimum Gasteiger partial charge on any atom is -0.477 e. The Bertz CT molecular complexity index is 1040. The van der Waals surface area contributed by atoms with Crippen LogP contribution in [0.4, 0.5) is 0 Å². The number of pyridine rings is 1. The molecule has 0 saturated carbocycles. The standard InChI is InChI=1S/C16H17N3O6S/c20-14-10-7-9(4-5-12(10)18-8-11(14)16(22)23)26(24,25)19-13-3-1-2-6-17-15(13)21/h4-5,7-8,13,19H,1-3,6H2,(H,17,21)(H,18,20)(H,22,23)/t13-/m0/s1. The topological polar surface area (TPSA) is 145 Å². The molecule has 1 amide bonds. The Balaban J connectivity index is 2.00. The predicted molar refractivity (Wildman–Crippen MR) is 92.5 cm³/mol. The van der Waals surface area contributed by atoms with E-state index in [1.165, 1.54) is 12.1 Å². The lowest BCUT2D eigenvalue weighted by atomic mass is 10.1. The zero-order valence-corrected chi connectivity index (χ0v) is 14.4. The van der Waals surface area contributed by atoms with Crippen molar-refractivity contribution in [3.63, 3.8) is 0 Å². The van der Waals surface area contributed by atoms with Gasteiger partial charge in [-0.2, -0.15) is 4.72 Å². The van der Waals surface area contributed by atoms with Crippen molar-refractivity contribution in [1.82, 2.24) is 15.0 Å². The van der Waals surface area contributed by atoms with Gasteiger partial charge in [0.05, 0.1) is 4.90 Å². The van der Waals surface area contributed by atoms with Crippen molar-refractivity contribution in [2.45, 2.75) is 30.2 Å². The average molecular weight is 379 g/mol. The molecule has 1 saturated heterocycles. The van der Waals surface area contributed by atoms with Crippen molar-refractivity contribution < 1.29 is 23.1 Å². The maximum Gasteiger partial charge on any atom is 0.341 e. The highest BCUT2D eigenvalue weighted by Gasteiger charge is 2.27. The Morgan fingerprint density at radius 1 is 1.23 bits per heavy atom. The summed E-state index contributed by atoms with van der Waals surface area (Å²) in [4.78, 5) is 37.7. The summed E-state index contributed by atoms with van der Waals surface area (Å²) >= 11 is 0. The molecule has 0 spiro atoms. The lowest BCUT2D eigenvalue weighted by Gasteiger charge is -2.15. The summed E-state index contributed by atoms with van der Waals surface area (Å²) in [7, 11) is -4.06. The zero-order chi connectivity index (χ0) is 18.9. The number of rotatable bonds is 4. The van der Waals surface area contributed by atoms with Gasteiger partial charge in [0.15, 0.2) is 0 Å². The van der Waals surface area contributed by atoms with Crippen molar-refractivity contribution in [3.05, 3.63) is 40.2 Å². The number of carboxylic acids is 1. The van der Waals surface area contributed by atoms with E-state index in [0.29, 0.717) is 24.9 Å². The number of aromatic amines is 1. The van der Waals surface area contributed by atoms with Crippen LogP contribution < -0.4 is 15.5 Å². The SMILES string of the molecule is O=C(O)c1c[nH]c2ccc(S(=O)(=O)N[C@H]3CCCCNC3=O)cc2c1=O. The maximum absolute atomic E-state index is 12.6. The van der Waals surface area contributed by atoms with Crippen molar-refractivity contribution >= 4 is 32.8 Å². The van der Waals surface area contributed by atoms with Gasteiger partial charge in [0, 0.05) is 23.6 Å². The molecule has 1 atom stereocenters. The van der Waals surface area contributed by atoms with E-state index in [-0.39, 0.29) is 10.3 Å². The first-order valence-corrected chi connectivity index (χ1v) is 9.47. The molecule has 1 aliphatic heterocycles. The van der Waals surface area contributed by atoms with Gasteiger partial charge in [-0.15, -0.1) is 0 Å². The average Bonchev–Trinajstić information content (AvgIpc) is 2.79. The highest BCUT2D eigenvalue weighted by molar-refractivity contribution is 7.89. The van der Waals surface area contributed by atoms with Gasteiger partial charge in [0.2, 0.25) is 21.4 Å². The molecule has 10 heteroatoms. The van der Waals surface area contributed by atoms with E-state index < -0.39 is 38.9 Å². The van der Waals surface area contributed by atoms with Crippen molar-refractivity contribution in [2.24, 2.45) is 0 Å². The van der Waals surface area contributed by atoms with Crippen LogP contribution in [0.5, 0.6) is 0 Å². The number of aromatic nitrogens is 1. The van der Waals surface area contributed by atoms with Crippen molar-refractivity contribution in [1.29, 1.82) is 0 Å². The van der Waals surface area contributed by atoms with Gasteiger partial charge >= 0.3 is 5.97 Å². The number of aromatic carboxylic acids is 1. The predicted octanol–water partition coefficient (Wildman–Crippen LogP) is 0.173. The molecule has 0 bridgehead atoms. The van der Waals surface area contributed by atoms with E-state index in [1.807, 2.05) is 0 Å². The molecular weight excluding hydrogens is 362 g/mol. The summed E-state index contributed by atoms with van der Waals surface area (Å²) in [5.74, 6) is -1.80. The van der Waals surface area contributed by atoms with E-state index >= 15 is 0 Å². The van der Waals surface area contributed by atoms with Gasteiger partial charge in [0.1, 0.15) is 11.6 Å². The normalized spacial score (nSPS) is 18.3. The quantitative estimate of drug-likeness (QED) is 0.596. The number of hydrogen-bond acceptors (Lipinski definition) is 5. The smallest absolute Gasteiger partial charge is 0.341 e. The Kier molecular flexibility index (Phi) is 4.79. The van der Waals surface area contributed by atoms with Crippen LogP contribution >= 0.6 is 0 Å². The Morgan fingerprint density at radius 2 is 2.00 bits per heavy atom. The number of carbonyl (C=O) groups excluding carboxylic acids is 1. The van der Waals surface area contributed by atoms with Crippen LogP contribution in [0.2, 0.25) is 0 Å². The number of fused-ring (bicyclic) bond motifs is 1. The zero-order valence-electron chi connectivity index (χ0n) is 13.6. The van der Waals surface area contributed by atoms with Gasteiger partial charge in [0.25, 0.3) is 0 Å². The minimum absolute atomic E-state index is 0.0573. The van der Waals surface area contributed by atoms with Gasteiger partial charge in [-0.3, -0.25) is 9.59 Å². The molecule has 3 rings (SSSR count). The van der Waals surface area contributed by atoms with Crippen molar-refractivity contribution in [3.8, 4) is 0 Å². The lowest BCUT2D eigenvalue weighted by molar-refractivity contribution is -0.122. The molecule has 0 unspecified atom stereocenters. The number of carboxylic acid groups (broad SMARTS) is 1. The second-order valence-electron chi connectivity index (χ2n) is 6.00. The number of H-pyrrole nitrogens is 1. The summed E-state index contributed by atoms with van der Waals surface area (Å²) in [5, 5.41) is 11.6. The van der Waals surface area contributed by atoms with Crippen molar-refractivity contribution in [2.75, 3.05) is 6.54 Å². The van der Waals surface area contributed by atoms with Gasteiger partial charge in [-0.25, -0.2) is 13.2 Å². The van der Waals surface area contributed by atoms with E-state index in [0.717, 1.165) is 18.7 Å². The molecular formula is C16H17N3O6S. The third kappa shape index (κ3) is 3.46. The third-order valence-corrected chi connectivity index (χ3v) is 5.70. The van der Waals surface area contributed by atoms with Gasteiger partial charge in [-0.1, -0.05) is 0 Å². The van der Waals surface area contributed by atoms with Gasteiger partial charge < -0.3 is 15.4 Å². The summed E-state index contributed by atoms with van der Waals surface area (Å²) in [5.41, 5.74) is -0.954. The van der Waals surface area contributed by atoms with Crippen LogP contribution in [0.3, 0.4) is 0 Å². The first-order chi connectivity index (χ1) is 12.3. The minimum atomic E-state index is -4.06. The highest BCUT2D eigenvalue weighted by atomic mass is 32.2. The first-order valence-electron chi connectivity index (χ1n) is 7.98. The fraction of sp³-hybridized carbons (Fsp3) is 0.312. The van der Waals surface area contributed by atoms with E-state index in [9.17, 15) is 22.8 Å². The second-order valence-corrected chi connectivity index (χ2v) is 7.72. The largest absolute Gasteiger partial charge is 0.477 e. The van der Waals surface area contributed by atoms with E-state index in [4.69, 9.17) is 5.11 Å². The van der Waals surface area contributed by atoms with Crippen LogP contribution in [0, 0.1) is 0 Å². The number of benzene rings is 1. The van der Waals surface area contributed by atoms with Crippen LogP contribution in [0.15, 0.2) is 34.1 Å². The molecule has 1 aromatic carbocycles. The summed E-state index contributed by atoms with van der Waals surface area (Å²) in [6.07, 6.45) is 2.91. The van der Waals surface area contributed by atoms with Crippen LogP contribution in [-0.4, -0.2) is 43.0 Å². The van der Waals surface area contributed by atoms with Crippen LogP contribution in [-0.2, 0) is 14.8 Å². The number of carbonyl (C=O) groups is 2. The number of hydrogen-bond donors (Lipinski definition) is 4. The van der Waals surface area contributed by atoms with E-state index in [1.54, 1.807) is 0 Å². The second kappa shape index (κ2) is 6.89. The summed E-state index contributed by atoms with van der Waals surface area (Å²) in [6, 6.07) is 2.89. The lowest BCUT2D eigenvalue weighted by Crippen LogP contribution is -2.45. The van der Waals surface area contributed by atoms with Crippen LogP contribution in [0.25, 0.3) is 10.9 Å². The molecule has 2 aromatic rings. The molecule has 1 aliphatic rings. The maximum atomic E-state index is 12.6. The molecule has 0 radical (unpaired) electrons. The van der Waals surface area contributed by atoms with Gasteiger partial charge in [-0.05, 0) is 37.5 Å². The highest BCUT2D eigenvalue weighted by Crippen LogP contribution is 2.17. The molecule has 2 heterocycles. The van der Waals surface area contributed by atoms with Crippen LogP contribution in [0.1, 0.15) is 29.6 Å². The van der Waals surface area contributed by atoms with E-state index in [2.05, 4.69) is 15.0 Å². The number of sulfonamides is 1. The first kappa shape index (κ1) is 18.1. The molecule has 0 aliphatic carbocycles. The molecule has 1 fully saturated rings. The fourth-order valence-corrected chi connectivity index (χ4v) is 4.09. The molecule has 1 aromatic heterocycles. The number of amides is 1. The Morgan fingerprint density at radius 3 is 2.73 bits per heavy atom. The Hall–Kier alpha value is -2.72. The monoisotopic (exact) mass is 379 g/mol. The summed E-state index contributed by atoms with van der Waals surface area (Å²) in [6.45, 7) is 0.500. The molecule has 138 valence electrons. The molecule has 9 nitrogen and oxygen atoms in total. The fourth-order valence-electron chi connectivity index (χ4n) is 2.83. The summed E-state index contributed by atoms with van der Waals surface area (Å²) < 4.78 is 27.6. The third-order valence-electron chi connectivity index (χ3n) is 4.23. The number of nitrogens with one attached hydrogen (secondary N) is 3.